The molecule has 0 aromatic rings. The Kier molecular flexibility index (Phi) is 4.66. The van der Waals surface area contributed by atoms with Crippen molar-refractivity contribution < 1.29 is 9.90 Å². The van der Waals surface area contributed by atoms with Crippen LogP contribution in [0.3, 0.4) is 0 Å². The van der Waals surface area contributed by atoms with Crippen molar-refractivity contribution in [2.45, 2.75) is 64.1 Å². The number of rotatable bonds is 4. The summed E-state index contributed by atoms with van der Waals surface area (Å²) in [4.78, 5) is 14.4. The van der Waals surface area contributed by atoms with E-state index >= 15 is 0 Å². The maximum atomic E-state index is 12.1. The van der Waals surface area contributed by atoms with Crippen LogP contribution in [0, 0.1) is 16.7 Å². The van der Waals surface area contributed by atoms with Gasteiger partial charge in [-0.3, -0.25) is 9.69 Å². The third-order valence-corrected chi connectivity index (χ3v) is 4.39. The molecule has 0 radical (unpaired) electrons. The van der Waals surface area contributed by atoms with Crippen LogP contribution < -0.4 is 5.32 Å². The lowest BCUT2D eigenvalue weighted by molar-refractivity contribution is -0.123. The lowest BCUT2D eigenvalue weighted by Gasteiger charge is -2.30. The molecule has 20 heavy (non-hydrogen) atoms. The van der Waals surface area contributed by atoms with Crippen molar-refractivity contribution in [2.75, 3.05) is 13.1 Å². The van der Waals surface area contributed by atoms with E-state index in [4.69, 9.17) is 5.26 Å². The smallest absolute Gasteiger partial charge is 0.221 e. The number of aliphatic hydroxyl groups is 1. The predicted octanol–water partition coefficient (Wildman–Crippen LogP) is 1.03. The van der Waals surface area contributed by atoms with Crippen LogP contribution in [0.4, 0.5) is 0 Å². The normalized spacial score (nSPS) is 31.2. The van der Waals surface area contributed by atoms with E-state index in [1.807, 2.05) is 0 Å². The second kappa shape index (κ2) is 6.11. The molecule has 1 saturated carbocycles. The lowest BCUT2D eigenvalue weighted by atomic mass is 9.91. The summed E-state index contributed by atoms with van der Waals surface area (Å²) < 4.78 is 0. The number of β-amino-alcohol motifs (C(OH)–C–C–N with tert-alkyl or cyclic N) is 1. The third-order valence-electron chi connectivity index (χ3n) is 4.39. The Morgan fingerprint density at radius 1 is 1.45 bits per heavy atom. The van der Waals surface area contributed by atoms with Crippen molar-refractivity contribution in [1.29, 1.82) is 5.26 Å². The summed E-state index contributed by atoms with van der Waals surface area (Å²) >= 11 is 0. The highest BCUT2D eigenvalue weighted by Crippen LogP contribution is 2.28. The van der Waals surface area contributed by atoms with E-state index in [0.717, 1.165) is 38.8 Å². The zero-order valence-corrected chi connectivity index (χ0v) is 12.4. The first-order chi connectivity index (χ1) is 9.41. The van der Waals surface area contributed by atoms with Crippen LogP contribution in [0.1, 0.15) is 46.0 Å². The molecule has 2 aliphatic rings. The summed E-state index contributed by atoms with van der Waals surface area (Å²) in [6.07, 6.45) is 4.05. The fourth-order valence-electron chi connectivity index (χ4n) is 3.31. The minimum atomic E-state index is -0.609. The Labute approximate surface area is 120 Å². The molecule has 2 N–H and O–H groups in total. The monoisotopic (exact) mass is 279 g/mol. The number of hydrogen-bond acceptors (Lipinski definition) is 4. The van der Waals surface area contributed by atoms with Crippen LogP contribution in [-0.2, 0) is 4.79 Å². The molecule has 5 nitrogen and oxygen atoms in total. The van der Waals surface area contributed by atoms with Crippen LogP contribution >= 0.6 is 0 Å². The van der Waals surface area contributed by atoms with Crippen molar-refractivity contribution >= 4 is 5.91 Å². The molecule has 2 rings (SSSR count). The van der Waals surface area contributed by atoms with Gasteiger partial charge in [-0.25, -0.2) is 0 Å². The highest BCUT2D eigenvalue weighted by molar-refractivity contribution is 5.77. The van der Waals surface area contributed by atoms with Crippen LogP contribution in [-0.4, -0.2) is 47.2 Å². The highest BCUT2D eigenvalue weighted by Gasteiger charge is 2.36. The minimum absolute atomic E-state index is 0.0341. The number of amides is 1. The first-order valence-corrected chi connectivity index (χ1v) is 7.54. The van der Waals surface area contributed by atoms with Gasteiger partial charge in [0.1, 0.15) is 0 Å². The van der Waals surface area contributed by atoms with E-state index in [9.17, 15) is 9.90 Å². The van der Waals surface area contributed by atoms with Gasteiger partial charge in [0.2, 0.25) is 5.91 Å². The molecule has 2 fully saturated rings. The molecule has 112 valence electrons. The molecule has 1 aliphatic carbocycles. The largest absolute Gasteiger partial charge is 0.392 e. The zero-order valence-electron chi connectivity index (χ0n) is 12.4. The van der Waals surface area contributed by atoms with Gasteiger partial charge in [0.05, 0.1) is 17.6 Å². The van der Waals surface area contributed by atoms with E-state index in [-0.39, 0.29) is 24.5 Å². The Morgan fingerprint density at radius 2 is 2.20 bits per heavy atom. The summed E-state index contributed by atoms with van der Waals surface area (Å²) in [6.45, 7) is 5.22. The Bertz CT molecular complexity index is 402. The maximum absolute atomic E-state index is 12.1. The van der Waals surface area contributed by atoms with E-state index in [1.165, 1.54) is 0 Å². The standard InChI is InChI=1S/C15H25N3O2/c1-15(2,10-16)8-14(20)17-12-4-3-5-13(12)18-7-6-11(19)9-18/h11-13,19H,3-9H2,1-2H3,(H,17,20)/t11?,12-,13+/m1/s1. The van der Waals surface area contributed by atoms with Crippen LogP contribution in [0.25, 0.3) is 0 Å². The van der Waals surface area contributed by atoms with E-state index in [0.29, 0.717) is 6.04 Å². The van der Waals surface area contributed by atoms with Crippen LogP contribution in [0.2, 0.25) is 0 Å². The van der Waals surface area contributed by atoms with Gasteiger partial charge in [-0.15, -0.1) is 0 Å². The van der Waals surface area contributed by atoms with Crippen LogP contribution in [0.5, 0.6) is 0 Å². The number of nitrogens with one attached hydrogen (secondary N) is 1. The molecule has 0 spiro atoms. The van der Waals surface area contributed by atoms with Gasteiger partial charge >= 0.3 is 0 Å². The summed E-state index contributed by atoms with van der Waals surface area (Å²) in [6, 6.07) is 2.68. The van der Waals surface area contributed by atoms with Crippen molar-refractivity contribution in [3.05, 3.63) is 0 Å². The van der Waals surface area contributed by atoms with Gasteiger partial charge in [-0.2, -0.15) is 5.26 Å². The minimum Gasteiger partial charge on any atom is -0.392 e. The first-order valence-electron chi connectivity index (χ1n) is 7.54. The number of nitrogens with zero attached hydrogens (tertiary/aromatic N) is 2. The average Bonchev–Trinajstić information content (AvgIpc) is 2.97. The Morgan fingerprint density at radius 3 is 2.80 bits per heavy atom. The lowest BCUT2D eigenvalue weighted by Crippen LogP contribution is -2.48. The molecule has 0 bridgehead atoms. The second-order valence-corrected chi connectivity index (χ2v) is 6.78. The van der Waals surface area contributed by atoms with Crippen molar-refractivity contribution in [2.24, 2.45) is 5.41 Å². The van der Waals surface area contributed by atoms with Crippen molar-refractivity contribution in [1.82, 2.24) is 10.2 Å². The van der Waals surface area contributed by atoms with E-state index < -0.39 is 5.41 Å². The number of likely N-dealkylation sites (tertiary alicyclic amines) is 1. The molecule has 0 aromatic heterocycles. The molecule has 3 atom stereocenters. The number of nitriles is 1. The third kappa shape index (κ3) is 3.71. The maximum Gasteiger partial charge on any atom is 0.221 e. The topological polar surface area (TPSA) is 76.4 Å². The summed E-state index contributed by atoms with van der Waals surface area (Å²) in [5.74, 6) is -0.0341. The van der Waals surface area contributed by atoms with E-state index in [1.54, 1.807) is 13.8 Å². The molecule has 0 aromatic carbocycles. The Balaban J connectivity index is 1.88. The first kappa shape index (κ1) is 15.3. The number of carbonyl (C=O) groups is 1. The molecule has 1 unspecified atom stereocenters. The molecule has 1 aliphatic heterocycles. The van der Waals surface area contributed by atoms with Gasteiger partial charge < -0.3 is 10.4 Å². The van der Waals surface area contributed by atoms with Crippen LogP contribution in [0.15, 0.2) is 0 Å². The zero-order chi connectivity index (χ0) is 14.8. The Hall–Kier alpha value is -1.12. The quantitative estimate of drug-likeness (QED) is 0.806. The van der Waals surface area contributed by atoms with Gasteiger partial charge in [-0.05, 0) is 39.5 Å². The van der Waals surface area contributed by atoms with Gasteiger partial charge in [0.15, 0.2) is 0 Å². The molecule has 1 saturated heterocycles. The SMILES string of the molecule is CC(C)(C#N)CC(=O)N[C@@H]1CCC[C@@H]1N1CCC(O)C1. The number of carbonyl (C=O) groups excluding carboxylic acids is 1. The second-order valence-electron chi connectivity index (χ2n) is 6.78. The van der Waals surface area contributed by atoms with Gasteiger partial charge in [0.25, 0.3) is 0 Å². The molecule has 5 heteroatoms. The molecular formula is C15H25N3O2. The molecule has 1 heterocycles. The molecule has 1 amide bonds. The predicted molar refractivity (Wildman–Crippen MR) is 75.8 cm³/mol. The number of hydrogen-bond donors (Lipinski definition) is 2. The highest BCUT2D eigenvalue weighted by atomic mass is 16.3. The summed E-state index contributed by atoms with van der Waals surface area (Å²) in [5.41, 5.74) is -0.609. The molecular weight excluding hydrogens is 254 g/mol. The fraction of sp³-hybridized carbons (Fsp3) is 0.867. The fourth-order valence-corrected chi connectivity index (χ4v) is 3.31. The van der Waals surface area contributed by atoms with Crippen molar-refractivity contribution in [3.8, 4) is 6.07 Å². The number of aliphatic hydroxyl groups excluding tert-OH is 1. The van der Waals surface area contributed by atoms with Gasteiger partial charge in [0, 0.05) is 31.6 Å². The van der Waals surface area contributed by atoms with Crippen molar-refractivity contribution in [3.63, 3.8) is 0 Å². The summed E-state index contributed by atoms with van der Waals surface area (Å²) in [5, 5.41) is 21.7. The van der Waals surface area contributed by atoms with E-state index in [2.05, 4.69) is 16.3 Å². The average molecular weight is 279 g/mol. The van der Waals surface area contributed by atoms with Gasteiger partial charge in [-0.1, -0.05) is 0 Å². The summed E-state index contributed by atoms with van der Waals surface area (Å²) in [7, 11) is 0.